The van der Waals surface area contributed by atoms with Crippen LogP contribution in [0.3, 0.4) is 0 Å². The van der Waals surface area contributed by atoms with E-state index in [4.69, 9.17) is 9.15 Å². The zero-order valence-corrected chi connectivity index (χ0v) is 18.8. The predicted molar refractivity (Wildman–Crippen MR) is 129 cm³/mol. The van der Waals surface area contributed by atoms with Gasteiger partial charge in [0.15, 0.2) is 5.76 Å². The molecule has 4 aromatic carbocycles. The Hall–Kier alpha value is -4.53. The van der Waals surface area contributed by atoms with Crippen LogP contribution in [-0.4, -0.2) is 16.4 Å². The molecular formula is C28H15F5N2O2. The molecule has 6 aromatic rings. The molecule has 0 aliphatic heterocycles. The van der Waals surface area contributed by atoms with Crippen molar-refractivity contribution in [3.05, 3.63) is 96.6 Å². The quantitative estimate of drug-likeness (QED) is 0.177. The van der Waals surface area contributed by atoms with Crippen molar-refractivity contribution in [1.82, 2.24) is 10.2 Å². The van der Waals surface area contributed by atoms with Crippen LogP contribution in [0.5, 0.6) is 11.6 Å². The van der Waals surface area contributed by atoms with Crippen LogP contribution in [0.4, 0.5) is 22.0 Å². The van der Waals surface area contributed by atoms with Gasteiger partial charge in [0, 0.05) is 16.2 Å². The fourth-order valence-corrected chi connectivity index (χ4v) is 4.24. The minimum atomic E-state index is -5.80. The number of hydrogen-bond donors (Lipinski definition) is 0. The summed E-state index contributed by atoms with van der Waals surface area (Å²) in [5, 5.41) is 11.7. The van der Waals surface area contributed by atoms with E-state index in [0.717, 1.165) is 28.3 Å². The van der Waals surface area contributed by atoms with Gasteiger partial charge >= 0.3 is 12.1 Å². The van der Waals surface area contributed by atoms with E-state index in [1.165, 1.54) is 6.07 Å². The maximum absolute atomic E-state index is 14.3. The largest absolute Gasteiger partial charge is 0.458 e. The number of hydrogen-bond acceptors (Lipinski definition) is 4. The molecule has 0 radical (unpaired) electrons. The lowest BCUT2D eigenvalue weighted by Gasteiger charge is -2.22. The first-order chi connectivity index (χ1) is 17.7. The lowest BCUT2D eigenvalue weighted by molar-refractivity contribution is -0.289. The number of alkyl halides is 5. The van der Waals surface area contributed by atoms with E-state index in [2.05, 4.69) is 10.2 Å². The fraction of sp³-hybridized carbons (Fsp3) is 0.0714. The average molecular weight is 506 g/mol. The lowest BCUT2D eigenvalue weighted by atomic mass is 10.0. The van der Waals surface area contributed by atoms with Gasteiger partial charge < -0.3 is 9.15 Å². The van der Waals surface area contributed by atoms with Crippen LogP contribution in [0.2, 0.25) is 0 Å². The molecule has 0 bridgehead atoms. The van der Waals surface area contributed by atoms with E-state index < -0.39 is 23.4 Å². The Morgan fingerprint density at radius 1 is 0.649 bits per heavy atom. The maximum Gasteiger partial charge on any atom is 0.458 e. The summed E-state index contributed by atoms with van der Waals surface area (Å²) >= 11 is 0. The van der Waals surface area contributed by atoms with Gasteiger partial charge in [-0.2, -0.15) is 22.0 Å². The third kappa shape index (κ3) is 3.83. The normalized spacial score (nSPS) is 12.5. The van der Waals surface area contributed by atoms with Crippen molar-refractivity contribution in [1.29, 1.82) is 0 Å². The maximum atomic E-state index is 14.3. The molecule has 0 N–H and O–H groups in total. The van der Waals surface area contributed by atoms with Crippen LogP contribution in [0.25, 0.3) is 44.0 Å². The second-order valence-corrected chi connectivity index (χ2v) is 8.42. The molecular weight excluding hydrogens is 491 g/mol. The molecule has 0 atom stereocenters. The molecule has 37 heavy (non-hydrogen) atoms. The number of benzene rings is 4. The van der Waals surface area contributed by atoms with Crippen molar-refractivity contribution in [2.45, 2.75) is 12.1 Å². The van der Waals surface area contributed by atoms with Gasteiger partial charge in [0.25, 0.3) is 0 Å². The Balaban J connectivity index is 1.56. The standard InChI is InChI=1S/C28H15F5N2O2/c29-27(30,28(31,32)33)21-10-4-6-12-23(21)37-26-20-14-17-8-2-1-7-16(17)13-19(20)25(34-35-26)24-15-18-9-3-5-11-22(18)36-24/h1-15H. The van der Waals surface area contributed by atoms with Crippen molar-refractivity contribution in [3.8, 4) is 23.1 Å². The summed E-state index contributed by atoms with van der Waals surface area (Å²) in [6, 6.07) is 24.2. The monoisotopic (exact) mass is 506 g/mol. The van der Waals surface area contributed by atoms with E-state index >= 15 is 0 Å². The first-order valence-electron chi connectivity index (χ1n) is 11.1. The molecule has 0 aliphatic carbocycles. The van der Waals surface area contributed by atoms with E-state index in [0.29, 0.717) is 33.9 Å². The van der Waals surface area contributed by atoms with Gasteiger partial charge in [0.05, 0.1) is 5.56 Å². The van der Waals surface area contributed by atoms with Gasteiger partial charge in [-0.15, -0.1) is 10.2 Å². The van der Waals surface area contributed by atoms with Crippen molar-refractivity contribution >= 4 is 32.5 Å². The first-order valence-corrected chi connectivity index (χ1v) is 11.1. The summed E-state index contributed by atoms with van der Waals surface area (Å²) in [6.07, 6.45) is -5.80. The zero-order valence-electron chi connectivity index (χ0n) is 18.8. The van der Waals surface area contributed by atoms with Gasteiger partial charge in [-0.25, -0.2) is 0 Å². The highest BCUT2D eigenvalue weighted by Gasteiger charge is 2.60. The highest BCUT2D eigenvalue weighted by atomic mass is 19.4. The molecule has 0 aliphatic rings. The summed E-state index contributed by atoms with van der Waals surface area (Å²) < 4.78 is 79.6. The summed E-state index contributed by atoms with van der Waals surface area (Å²) in [4.78, 5) is 0. The second kappa shape index (κ2) is 8.26. The van der Waals surface area contributed by atoms with Crippen molar-refractivity contribution in [3.63, 3.8) is 0 Å². The predicted octanol–water partition coefficient (Wildman–Crippen LogP) is 8.64. The number of ether oxygens (including phenoxy) is 1. The van der Waals surface area contributed by atoms with Crippen molar-refractivity contribution in [2.75, 3.05) is 0 Å². The van der Waals surface area contributed by atoms with Gasteiger partial charge in [-0.05, 0) is 47.2 Å². The molecule has 0 amide bonds. The average Bonchev–Trinajstić information content (AvgIpc) is 3.31. The summed E-state index contributed by atoms with van der Waals surface area (Å²) in [7, 11) is 0. The van der Waals surface area contributed by atoms with E-state index in [1.54, 1.807) is 18.2 Å². The van der Waals surface area contributed by atoms with Crippen LogP contribution < -0.4 is 4.74 Å². The minimum Gasteiger partial charge on any atom is -0.454 e. The SMILES string of the molecule is FC(F)(F)C(F)(F)c1ccccc1Oc1nnc(-c2cc3ccccc3o2)c2cc3ccccc3cc12. The Labute approximate surface area is 205 Å². The number of rotatable bonds is 4. The zero-order chi connectivity index (χ0) is 25.8. The van der Waals surface area contributed by atoms with Gasteiger partial charge in [0.1, 0.15) is 17.0 Å². The Kier molecular flexibility index (Phi) is 5.11. The number of nitrogens with zero attached hydrogens (tertiary/aromatic N) is 2. The topological polar surface area (TPSA) is 48.2 Å². The summed E-state index contributed by atoms with van der Waals surface area (Å²) in [6.45, 7) is 0. The van der Waals surface area contributed by atoms with Crippen molar-refractivity contribution in [2.24, 2.45) is 0 Å². The summed E-state index contributed by atoms with van der Waals surface area (Å²) in [5.41, 5.74) is -0.310. The number of fused-ring (bicyclic) bond motifs is 3. The Morgan fingerprint density at radius 3 is 1.97 bits per heavy atom. The number of para-hydroxylation sites is 2. The minimum absolute atomic E-state index is 0.217. The van der Waals surface area contributed by atoms with Crippen molar-refractivity contribution < 1.29 is 31.1 Å². The van der Waals surface area contributed by atoms with Crippen LogP contribution in [0.1, 0.15) is 5.56 Å². The first kappa shape index (κ1) is 22.9. The van der Waals surface area contributed by atoms with Crippen LogP contribution in [0.15, 0.2) is 95.4 Å². The molecule has 0 fully saturated rings. The van der Waals surface area contributed by atoms with Gasteiger partial charge in [-0.3, -0.25) is 0 Å². The van der Waals surface area contributed by atoms with E-state index in [1.807, 2.05) is 48.5 Å². The van der Waals surface area contributed by atoms with E-state index in [9.17, 15) is 22.0 Å². The summed E-state index contributed by atoms with van der Waals surface area (Å²) in [5.74, 6) is -5.60. The molecule has 6 rings (SSSR count). The highest BCUT2D eigenvalue weighted by Crippen LogP contribution is 2.48. The molecule has 0 spiro atoms. The molecule has 0 unspecified atom stereocenters. The van der Waals surface area contributed by atoms with E-state index in [-0.39, 0.29) is 5.88 Å². The number of furan rings is 1. The smallest absolute Gasteiger partial charge is 0.454 e. The second-order valence-electron chi connectivity index (χ2n) is 8.42. The lowest BCUT2D eigenvalue weighted by Crippen LogP contribution is -2.33. The van der Waals surface area contributed by atoms with Crippen LogP contribution in [-0.2, 0) is 5.92 Å². The molecule has 2 heterocycles. The van der Waals surface area contributed by atoms with Gasteiger partial charge in [-0.1, -0.05) is 54.6 Å². The molecule has 4 nitrogen and oxygen atoms in total. The molecule has 0 saturated heterocycles. The highest BCUT2D eigenvalue weighted by molar-refractivity contribution is 6.05. The van der Waals surface area contributed by atoms with Gasteiger partial charge in [0.2, 0.25) is 5.88 Å². The van der Waals surface area contributed by atoms with Crippen LogP contribution >= 0.6 is 0 Å². The molecule has 184 valence electrons. The molecule has 0 saturated carbocycles. The third-order valence-corrected chi connectivity index (χ3v) is 6.06. The third-order valence-electron chi connectivity index (χ3n) is 6.06. The number of halogens is 5. The Bertz CT molecular complexity index is 1760. The van der Waals surface area contributed by atoms with Crippen LogP contribution in [0, 0.1) is 0 Å². The fourth-order valence-electron chi connectivity index (χ4n) is 4.24. The molecule has 9 heteroatoms. The molecule has 2 aromatic heterocycles. The number of aromatic nitrogens is 2. The Morgan fingerprint density at radius 2 is 1.27 bits per heavy atom.